The van der Waals surface area contributed by atoms with E-state index in [2.05, 4.69) is 23.3 Å². The van der Waals surface area contributed by atoms with Crippen LogP contribution in [-0.4, -0.2) is 76.3 Å². The molecule has 4 rings (SSSR count). The Morgan fingerprint density at radius 1 is 1.12 bits per heavy atom. The second-order valence-electron chi connectivity index (χ2n) is 11.0. The maximum absolute atomic E-state index is 13.2. The minimum Gasteiger partial charge on any atom is -0.492 e. The molecule has 1 aliphatic heterocycles. The maximum atomic E-state index is 13.2. The normalized spacial score (nSPS) is 14.2. The molecule has 2 heterocycles. The summed E-state index contributed by atoms with van der Waals surface area (Å²) in [4.78, 5) is 30.5. The van der Waals surface area contributed by atoms with Crippen molar-refractivity contribution in [1.29, 1.82) is 0 Å². The van der Waals surface area contributed by atoms with Gasteiger partial charge in [-0.2, -0.15) is 0 Å². The topological polar surface area (TPSA) is 93.5 Å². The molecule has 0 radical (unpaired) electrons. The van der Waals surface area contributed by atoms with Crippen LogP contribution in [0, 0.1) is 0 Å². The summed E-state index contributed by atoms with van der Waals surface area (Å²) < 4.78 is 23.5. The Bertz CT molecular complexity index is 1450. The summed E-state index contributed by atoms with van der Waals surface area (Å²) in [5.41, 5.74) is 2.14. The largest absolute Gasteiger partial charge is 0.492 e. The van der Waals surface area contributed by atoms with Crippen LogP contribution >= 0.6 is 0 Å². The fourth-order valence-corrected chi connectivity index (χ4v) is 4.66. The highest BCUT2D eigenvalue weighted by atomic mass is 16.5. The van der Waals surface area contributed by atoms with Crippen LogP contribution in [0.3, 0.4) is 0 Å². The number of benzene rings is 2. The molecule has 0 unspecified atom stereocenters. The highest BCUT2D eigenvalue weighted by molar-refractivity contribution is 6.05. The Labute approximate surface area is 241 Å². The molecule has 1 saturated heterocycles. The van der Waals surface area contributed by atoms with E-state index in [0.717, 1.165) is 43.8 Å². The van der Waals surface area contributed by atoms with Crippen molar-refractivity contribution in [2.24, 2.45) is 0 Å². The third kappa shape index (κ3) is 7.89. The van der Waals surface area contributed by atoms with Gasteiger partial charge in [0.25, 0.3) is 5.91 Å². The van der Waals surface area contributed by atoms with E-state index >= 15 is 0 Å². The standard InChI is InChI=1S/C32H41N3O6/c1-21(2)7-8-22-19-24(10-11-27(22)39-18-17-34(3)4)31(36)33-26-20-23-9-12-28(30(38-6)29(23)41-32(26)37)40-25-13-15-35(5)16-14-25/h7,9-12,19-20,25H,8,13-18H2,1-6H3,(H,33,36). The lowest BCUT2D eigenvalue weighted by molar-refractivity contribution is 0.102. The molecule has 9 nitrogen and oxygen atoms in total. The van der Waals surface area contributed by atoms with Gasteiger partial charge in [-0.3, -0.25) is 4.79 Å². The van der Waals surface area contributed by atoms with Crippen LogP contribution in [0.1, 0.15) is 42.6 Å². The first-order valence-corrected chi connectivity index (χ1v) is 14.0. The van der Waals surface area contributed by atoms with Gasteiger partial charge in [-0.1, -0.05) is 11.6 Å². The van der Waals surface area contributed by atoms with Gasteiger partial charge >= 0.3 is 5.63 Å². The predicted octanol–water partition coefficient (Wildman–Crippen LogP) is 4.98. The molecule has 1 aromatic heterocycles. The van der Waals surface area contributed by atoms with Crippen LogP contribution in [-0.2, 0) is 6.42 Å². The van der Waals surface area contributed by atoms with E-state index in [9.17, 15) is 9.59 Å². The van der Waals surface area contributed by atoms with E-state index in [1.807, 2.05) is 38.9 Å². The number of rotatable bonds is 11. The number of amides is 1. The van der Waals surface area contributed by atoms with Crippen LogP contribution in [0.4, 0.5) is 5.69 Å². The molecule has 0 aliphatic carbocycles. The summed E-state index contributed by atoms with van der Waals surface area (Å²) in [7, 11) is 7.60. The van der Waals surface area contributed by atoms with Crippen molar-refractivity contribution >= 4 is 22.6 Å². The number of allylic oxidation sites excluding steroid dienone is 2. The van der Waals surface area contributed by atoms with Crippen molar-refractivity contribution < 1.29 is 23.4 Å². The number of piperidine rings is 1. The number of hydrogen-bond donors (Lipinski definition) is 1. The van der Waals surface area contributed by atoms with E-state index in [-0.39, 0.29) is 17.4 Å². The van der Waals surface area contributed by atoms with Crippen molar-refractivity contribution in [3.8, 4) is 17.2 Å². The molecule has 3 aromatic rings. The molecule has 0 atom stereocenters. The highest BCUT2D eigenvalue weighted by Crippen LogP contribution is 2.37. The third-order valence-corrected chi connectivity index (χ3v) is 7.08. The molecule has 1 amide bonds. The number of nitrogens with zero attached hydrogens (tertiary/aromatic N) is 2. The van der Waals surface area contributed by atoms with E-state index in [1.54, 1.807) is 30.3 Å². The summed E-state index contributed by atoms with van der Waals surface area (Å²) in [6.45, 7) is 7.29. The molecule has 0 bridgehead atoms. The Kier molecular flexibility index (Phi) is 10.1. The minimum atomic E-state index is -0.672. The summed E-state index contributed by atoms with van der Waals surface area (Å²) in [5, 5.41) is 3.34. The van der Waals surface area contributed by atoms with Crippen molar-refractivity contribution in [2.45, 2.75) is 39.2 Å². The predicted molar refractivity (Wildman–Crippen MR) is 162 cm³/mol. The van der Waals surface area contributed by atoms with Gasteiger partial charge in [0.2, 0.25) is 5.75 Å². The van der Waals surface area contributed by atoms with Gasteiger partial charge in [0.1, 0.15) is 24.1 Å². The molecule has 1 N–H and O–H groups in total. The molecular weight excluding hydrogens is 522 g/mol. The zero-order chi connectivity index (χ0) is 29.5. The number of carbonyl (C=O) groups is 1. The lowest BCUT2D eigenvalue weighted by atomic mass is 10.0. The van der Waals surface area contributed by atoms with Crippen molar-refractivity contribution in [1.82, 2.24) is 9.80 Å². The fraction of sp³-hybridized carbons (Fsp3) is 0.438. The molecule has 0 spiro atoms. The van der Waals surface area contributed by atoms with E-state index in [4.69, 9.17) is 18.6 Å². The smallest absolute Gasteiger partial charge is 0.360 e. The van der Waals surface area contributed by atoms with Crippen molar-refractivity contribution in [3.05, 3.63) is 69.6 Å². The van der Waals surface area contributed by atoms with E-state index in [0.29, 0.717) is 35.5 Å². The molecule has 41 heavy (non-hydrogen) atoms. The van der Waals surface area contributed by atoms with Gasteiger partial charge in [-0.05, 0) is 96.2 Å². The number of ether oxygens (including phenoxy) is 3. The number of hydrogen-bond acceptors (Lipinski definition) is 8. The molecule has 220 valence electrons. The van der Waals surface area contributed by atoms with Crippen molar-refractivity contribution in [2.75, 3.05) is 59.8 Å². The summed E-state index contributed by atoms with van der Waals surface area (Å²) in [6, 6.07) is 10.5. The van der Waals surface area contributed by atoms with Gasteiger partial charge in [0.05, 0.1) is 7.11 Å². The molecule has 0 saturated carbocycles. The number of carbonyl (C=O) groups excluding carboxylic acids is 1. The quantitative estimate of drug-likeness (QED) is 0.258. The average molecular weight is 564 g/mol. The second kappa shape index (κ2) is 13.7. The summed E-state index contributed by atoms with van der Waals surface area (Å²) >= 11 is 0. The van der Waals surface area contributed by atoms with Crippen LogP contribution in [0.15, 0.2) is 57.3 Å². The minimum absolute atomic E-state index is 0.0469. The third-order valence-electron chi connectivity index (χ3n) is 7.08. The van der Waals surface area contributed by atoms with E-state index < -0.39 is 11.5 Å². The molecule has 1 fully saturated rings. The number of likely N-dealkylation sites (tertiary alicyclic amines) is 1. The monoisotopic (exact) mass is 563 g/mol. The Hall–Kier alpha value is -3.82. The number of nitrogens with one attached hydrogen (secondary N) is 1. The lowest BCUT2D eigenvalue weighted by Gasteiger charge is -2.29. The van der Waals surface area contributed by atoms with Crippen molar-refractivity contribution in [3.63, 3.8) is 0 Å². The van der Waals surface area contributed by atoms with Gasteiger partial charge in [-0.25, -0.2) is 4.79 Å². The highest BCUT2D eigenvalue weighted by Gasteiger charge is 2.22. The number of fused-ring (bicyclic) bond motifs is 1. The maximum Gasteiger partial charge on any atom is 0.360 e. The summed E-state index contributed by atoms with van der Waals surface area (Å²) in [6.07, 6.45) is 4.60. The van der Waals surface area contributed by atoms with Crippen LogP contribution < -0.4 is 25.2 Å². The molecule has 2 aromatic carbocycles. The van der Waals surface area contributed by atoms with Crippen LogP contribution in [0.5, 0.6) is 17.2 Å². The molecule has 9 heteroatoms. The number of likely N-dealkylation sites (N-methyl/N-ethyl adjacent to an activating group) is 1. The molecular formula is C32H41N3O6. The number of anilines is 1. The Balaban J connectivity index is 1.55. The SMILES string of the molecule is COc1c(OC2CCN(C)CC2)ccc2cc(NC(=O)c3ccc(OCCN(C)C)c(CC=C(C)C)c3)c(=O)oc12. The zero-order valence-electron chi connectivity index (χ0n) is 24.9. The van der Waals surface area contributed by atoms with Gasteiger partial charge in [0, 0.05) is 30.6 Å². The van der Waals surface area contributed by atoms with Gasteiger partial charge in [-0.15, -0.1) is 0 Å². The van der Waals surface area contributed by atoms with Crippen LogP contribution in [0.2, 0.25) is 0 Å². The summed E-state index contributed by atoms with van der Waals surface area (Å²) in [5.74, 6) is 1.22. The second-order valence-corrected chi connectivity index (χ2v) is 11.0. The van der Waals surface area contributed by atoms with Gasteiger partial charge < -0.3 is 33.7 Å². The van der Waals surface area contributed by atoms with Crippen LogP contribution in [0.25, 0.3) is 11.0 Å². The van der Waals surface area contributed by atoms with Gasteiger partial charge in [0.15, 0.2) is 11.3 Å². The first-order chi connectivity index (χ1) is 19.6. The Morgan fingerprint density at radius 3 is 2.54 bits per heavy atom. The molecule has 1 aliphatic rings. The first kappa shape index (κ1) is 30.1. The average Bonchev–Trinajstić information content (AvgIpc) is 2.93. The fourth-order valence-electron chi connectivity index (χ4n) is 4.66. The Morgan fingerprint density at radius 2 is 1.85 bits per heavy atom. The number of methoxy groups -OCH3 is 1. The lowest BCUT2D eigenvalue weighted by Crippen LogP contribution is -2.35. The first-order valence-electron chi connectivity index (χ1n) is 14.0. The van der Waals surface area contributed by atoms with E-state index in [1.165, 1.54) is 12.7 Å². The zero-order valence-corrected chi connectivity index (χ0v) is 24.9.